The van der Waals surface area contributed by atoms with E-state index in [1.165, 1.54) is 0 Å². The van der Waals surface area contributed by atoms with Crippen molar-refractivity contribution in [3.05, 3.63) is 0 Å². The molecule has 0 aromatic heterocycles. The molecule has 0 aromatic rings. The molecule has 0 aromatic carbocycles. The molecule has 0 fully saturated rings. The van der Waals surface area contributed by atoms with E-state index in [1.807, 2.05) is 0 Å². The van der Waals surface area contributed by atoms with Crippen molar-refractivity contribution >= 4 is 25.2 Å². The monoisotopic (exact) mass is 352 g/mol. The van der Waals surface area contributed by atoms with E-state index in [2.05, 4.69) is 17.3 Å². The van der Waals surface area contributed by atoms with E-state index < -0.39 is 19.2 Å². The van der Waals surface area contributed by atoms with Gasteiger partial charge in [0, 0.05) is 0 Å². The molecule has 0 aliphatic rings. The second-order valence-corrected chi connectivity index (χ2v) is 17.4. The molecule has 0 unspecified atom stereocenters. The average Bonchev–Trinajstić information content (AvgIpc) is 2.33. The van der Waals surface area contributed by atoms with Gasteiger partial charge in [-0.2, -0.15) is 0 Å². The van der Waals surface area contributed by atoms with Crippen LogP contribution in [0.2, 0.25) is 22.5 Å². The first-order chi connectivity index (χ1) is 9.31. The summed E-state index contributed by atoms with van der Waals surface area (Å²) in [5, 5.41) is 9.36. The van der Waals surface area contributed by atoms with Crippen LogP contribution in [0.15, 0.2) is 0 Å². The Morgan fingerprint density at radius 1 is 0.900 bits per heavy atom. The fourth-order valence-corrected chi connectivity index (χ4v) is 3.25. The standard InChI is InChI=1S/C13H26GeO6/c1-14(2,3)6-4-13(17)20-11-10-19-9-8-18-7-5-12(15)16/h4-11H2,1-3H3,(H,15,16). The second-order valence-electron chi connectivity index (χ2n) is 5.65. The van der Waals surface area contributed by atoms with Crippen molar-refractivity contribution in [1.29, 1.82) is 0 Å². The molecule has 0 bridgehead atoms. The Kier molecular flexibility index (Phi) is 10.8. The number of carboxylic acids is 1. The van der Waals surface area contributed by atoms with Crippen molar-refractivity contribution in [1.82, 2.24) is 0 Å². The molecule has 0 heterocycles. The summed E-state index contributed by atoms with van der Waals surface area (Å²) in [7, 11) is 0. The smallest absolute Gasteiger partial charge is 0.481 e. The molecule has 0 spiro atoms. The molecule has 20 heavy (non-hydrogen) atoms. The first-order valence-electron chi connectivity index (χ1n) is 6.84. The molecular weight excluding hydrogens is 325 g/mol. The molecule has 1 N–H and O–H groups in total. The molecule has 0 rings (SSSR count). The van der Waals surface area contributed by atoms with Gasteiger partial charge in [0.1, 0.15) is 0 Å². The van der Waals surface area contributed by atoms with Gasteiger partial charge < -0.3 is 5.11 Å². The number of rotatable bonds is 12. The number of carboxylic acid groups (broad SMARTS) is 1. The zero-order valence-corrected chi connectivity index (χ0v) is 14.7. The molecule has 0 aliphatic carbocycles. The van der Waals surface area contributed by atoms with Gasteiger partial charge in [0.05, 0.1) is 0 Å². The second kappa shape index (κ2) is 11.1. The van der Waals surface area contributed by atoms with E-state index in [1.54, 1.807) is 0 Å². The maximum absolute atomic E-state index is 11.4. The van der Waals surface area contributed by atoms with Crippen molar-refractivity contribution in [2.75, 3.05) is 33.0 Å². The summed E-state index contributed by atoms with van der Waals surface area (Å²) in [6.45, 7) is 1.50. The SMILES string of the molecule is [CH3][Ge]([CH3])([CH3])[CH2]CC(=O)OCCOCCOCCC(=O)O. The van der Waals surface area contributed by atoms with Crippen LogP contribution in [-0.4, -0.2) is 63.3 Å². The molecule has 0 saturated carbocycles. The number of hydrogen-bond acceptors (Lipinski definition) is 5. The van der Waals surface area contributed by atoms with Crippen LogP contribution in [-0.2, 0) is 23.8 Å². The maximum atomic E-state index is 11.4. The topological polar surface area (TPSA) is 82.1 Å². The summed E-state index contributed by atoms with van der Waals surface area (Å²) >= 11 is -1.65. The van der Waals surface area contributed by atoms with Crippen molar-refractivity contribution in [2.24, 2.45) is 0 Å². The predicted octanol–water partition coefficient (Wildman–Crippen LogP) is 1.77. The molecular formula is C13H26GeO6. The van der Waals surface area contributed by atoms with Gasteiger partial charge >= 0.3 is 113 Å². The Morgan fingerprint density at radius 2 is 1.45 bits per heavy atom. The number of esters is 1. The van der Waals surface area contributed by atoms with E-state index in [4.69, 9.17) is 19.3 Å². The summed E-state index contributed by atoms with van der Waals surface area (Å²) < 4.78 is 15.3. The molecule has 0 aliphatic heterocycles. The Morgan fingerprint density at radius 3 is 2.00 bits per heavy atom. The minimum atomic E-state index is -1.65. The van der Waals surface area contributed by atoms with Gasteiger partial charge in [-0.05, 0) is 0 Å². The molecule has 0 atom stereocenters. The van der Waals surface area contributed by atoms with Crippen LogP contribution in [0.4, 0.5) is 0 Å². The number of carbonyl (C=O) groups is 2. The van der Waals surface area contributed by atoms with E-state index in [0.29, 0.717) is 26.2 Å². The van der Waals surface area contributed by atoms with E-state index >= 15 is 0 Å². The van der Waals surface area contributed by atoms with Gasteiger partial charge in [-0.15, -0.1) is 0 Å². The Balaban J connectivity index is 3.27. The van der Waals surface area contributed by atoms with Crippen LogP contribution < -0.4 is 0 Å². The number of hydrogen-bond donors (Lipinski definition) is 1. The molecule has 6 nitrogen and oxygen atoms in total. The van der Waals surface area contributed by atoms with Gasteiger partial charge in [-0.1, -0.05) is 0 Å². The molecule has 118 valence electrons. The first kappa shape index (κ1) is 19.4. The van der Waals surface area contributed by atoms with E-state index in [0.717, 1.165) is 5.25 Å². The van der Waals surface area contributed by atoms with Crippen LogP contribution in [0.1, 0.15) is 12.8 Å². The van der Waals surface area contributed by atoms with Crippen molar-refractivity contribution < 1.29 is 28.9 Å². The summed E-state index contributed by atoms with van der Waals surface area (Å²) in [5.41, 5.74) is 0. The number of ether oxygens (including phenoxy) is 3. The van der Waals surface area contributed by atoms with Crippen molar-refractivity contribution in [3.63, 3.8) is 0 Å². The minimum absolute atomic E-state index is 0.00410. The summed E-state index contributed by atoms with van der Waals surface area (Å²) in [5.74, 6) is 5.76. The zero-order valence-electron chi connectivity index (χ0n) is 12.6. The average molecular weight is 351 g/mol. The third-order valence-electron chi connectivity index (χ3n) is 2.40. The molecule has 0 saturated heterocycles. The summed E-state index contributed by atoms with van der Waals surface area (Å²) in [6, 6.07) is 0. The molecule has 0 radical (unpaired) electrons. The van der Waals surface area contributed by atoms with Gasteiger partial charge in [-0.3, -0.25) is 4.79 Å². The quantitative estimate of drug-likeness (QED) is 0.328. The Hall–Kier alpha value is -0.597. The van der Waals surface area contributed by atoms with Crippen LogP contribution in [0.3, 0.4) is 0 Å². The van der Waals surface area contributed by atoms with Crippen LogP contribution in [0, 0.1) is 0 Å². The summed E-state index contributed by atoms with van der Waals surface area (Å²) in [4.78, 5) is 21.6. The normalized spacial score (nSPS) is 11.3. The minimum Gasteiger partial charge on any atom is -0.481 e. The van der Waals surface area contributed by atoms with Crippen LogP contribution in [0.25, 0.3) is 0 Å². The fourth-order valence-electron chi connectivity index (χ4n) is 1.25. The van der Waals surface area contributed by atoms with Gasteiger partial charge in [0.2, 0.25) is 0 Å². The summed E-state index contributed by atoms with van der Waals surface area (Å²) in [6.07, 6.45) is 0.498. The van der Waals surface area contributed by atoms with E-state index in [9.17, 15) is 9.59 Å². The Bertz CT molecular complexity index is 287. The van der Waals surface area contributed by atoms with Crippen molar-refractivity contribution in [2.45, 2.75) is 35.4 Å². The first-order valence-corrected chi connectivity index (χ1v) is 14.6. The number of carbonyl (C=O) groups excluding carboxylic acids is 1. The zero-order chi connectivity index (χ0) is 15.4. The van der Waals surface area contributed by atoms with E-state index in [-0.39, 0.29) is 25.6 Å². The van der Waals surface area contributed by atoms with Gasteiger partial charge in [-0.25, -0.2) is 0 Å². The van der Waals surface area contributed by atoms with Crippen molar-refractivity contribution in [3.8, 4) is 0 Å². The third kappa shape index (κ3) is 15.5. The molecule has 0 amide bonds. The fraction of sp³-hybridized carbons (Fsp3) is 0.846. The predicted molar refractivity (Wildman–Crippen MR) is 77.6 cm³/mol. The number of aliphatic carboxylic acids is 1. The third-order valence-corrected chi connectivity index (χ3v) is 6.07. The van der Waals surface area contributed by atoms with Crippen LogP contribution >= 0.6 is 0 Å². The Labute approximate surface area is 123 Å². The molecule has 7 heteroatoms. The van der Waals surface area contributed by atoms with Gasteiger partial charge in [0.25, 0.3) is 0 Å². The van der Waals surface area contributed by atoms with Crippen LogP contribution in [0.5, 0.6) is 0 Å². The van der Waals surface area contributed by atoms with Gasteiger partial charge in [0.15, 0.2) is 0 Å².